The van der Waals surface area contributed by atoms with Gasteiger partial charge in [-0.3, -0.25) is 4.79 Å². The zero-order valence-electron chi connectivity index (χ0n) is 13.4. The first-order valence-electron chi connectivity index (χ1n) is 7.98. The fourth-order valence-corrected chi connectivity index (χ4v) is 3.93. The lowest BCUT2D eigenvalue weighted by Gasteiger charge is -2.02. The molecular weight excluding hydrogens is 324 g/mol. The fraction of sp³-hybridized carbons (Fsp3) is 0.353. The molecule has 2 aromatic heterocycles. The monoisotopic (exact) mass is 342 g/mol. The number of hydrogen-bond acceptors (Lipinski definition) is 5. The van der Waals surface area contributed by atoms with E-state index in [4.69, 9.17) is 4.74 Å². The van der Waals surface area contributed by atoms with Crippen molar-refractivity contribution in [3.63, 3.8) is 0 Å². The number of amides is 1. The summed E-state index contributed by atoms with van der Waals surface area (Å²) in [5, 5.41) is 13.5. The summed E-state index contributed by atoms with van der Waals surface area (Å²) < 4.78 is 7.64. The quantitative estimate of drug-likeness (QED) is 0.791. The van der Waals surface area contributed by atoms with Gasteiger partial charge in [0.05, 0.1) is 6.42 Å². The Morgan fingerprint density at radius 3 is 3.12 bits per heavy atom. The van der Waals surface area contributed by atoms with Crippen LogP contribution < -0.4 is 5.32 Å². The van der Waals surface area contributed by atoms with E-state index in [1.165, 1.54) is 11.3 Å². The molecule has 0 spiro atoms. The molecule has 1 aliphatic heterocycles. The topological polar surface area (TPSA) is 69.0 Å². The number of benzene rings is 1. The van der Waals surface area contributed by atoms with E-state index in [1.54, 1.807) is 0 Å². The number of nitrogens with zero attached hydrogens (tertiary/aromatic N) is 3. The van der Waals surface area contributed by atoms with E-state index in [0.717, 1.165) is 40.9 Å². The van der Waals surface area contributed by atoms with Gasteiger partial charge in [-0.1, -0.05) is 29.5 Å². The van der Waals surface area contributed by atoms with Gasteiger partial charge in [-0.05, 0) is 24.5 Å². The molecule has 0 bridgehead atoms. The third-order valence-electron chi connectivity index (χ3n) is 4.22. The molecule has 0 unspecified atom stereocenters. The van der Waals surface area contributed by atoms with Gasteiger partial charge in [-0.2, -0.15) is 0 Å². The van der Waals surface area contributed by atoms with Crippen LogP contribution in [-0.4, -0.2) is 27.3 Å². The number of fused-ring (bicyclic) bond motifs is 1. The highest BCUT2D eigenvalue weighted by atomic mass is 32.1. The summed E-state index contributed by atoms with van der Waals surface area (Å²) in [7, 11) is 1.99. The van der Waals surface area contributed by atoms with Gasteiger partial charge in [0.2, 0.25) is 11.0 Å². The van der Waals surface area contributed by atoms with Crippen molar-refractivity contribution >= 4 is 33.3 Å². The first-order chi connectivity index (χ1) is 11.7. The summed E-state index contributed by atoms with van der Waals surface area (Å²) >= 11 is 1.39. The van der Waals surface area contributed by atoms with Crippen molar-refractivity contribution in [2.45, 2.75) is 25.4 Å². The standard InChI is InChI=1S/C17H18N4O2S/c1-21-10-11(12-5-2-3-6-13(12)21)9-15(22)18-17-20-19-16(24-17)14-7-4-8-23-14/h2-3,5-6,10,14H,4,7-9H2,1H3,(H,18,20,22)/t14-/m0/s1. The van der Waals surface area contributed by atoms with Crippen LogP contribution in [0.5, 0.6) is 0 Å². The lowest BCUT2D eigenvalue weighted by molar-refractivity contribution is -0.115. The molecule has 6 nitrogen and oxygen atoms in total. The number of nitrogens with one attached hydrogen (secondary N) is 1. The van der Waals surface area contributed by atoms with E-state index in [2.05, 4.69) is 21.6 Å². The van der Waals surface area contributed by atoms with Crippen molar-refractivity contribution in [2.24, 2.45) is 7.05 Å². The second-order valence-electron chi connectivity index (χ2n) is 5.95. The number of para-hydroxylation sites is 1. The van der Waals surface area contributed by atoms with E-state index in [0.29, 0.717) is 11.6 Å². The van der Waals surface area contributed by atoms with Gasteiger partial charge in [-0.15, -0.1) is 10.2 Å². The number of rotatable bonds is 4. The molecule has 124 valence electrons. The maximum atomic E-state index is 12.4. The predicted molar refractivity (Wildman–Crippen MR) is 93.1 cm³/mol. The Labute approximate surface area is 143 Å². The smallest absolute Gasteiger partial charge is 0.230 e. The molecule has 0 saturated carbocycles. The Hall–Kier alpha value is -2.25. The Balaban J connectivity index is 1.46. The molecular formula is C17H18N4O2S. The highest BCUT2D eigenvalue weighted by molar-refractivity contribution is 7.15. The fourth-order valence-electron chi connectivity index (χ4n) is 3.09. The molecule has 0 radical (unpaired) electrons. The number of ether oxygens (including phenoxy) is 1. The zero-order valence-corrected chi connectivity index (χ0v) is 14.2. The molecule has 24 heavy (non-hydrogen) atoms. The third-order valence-corrected chi connectivity index (χ3v) is 5.15. The number of aryl methyl sites for hydroxylation is 1. The number of carbonyl (C=O) groups excluding carboxylic acids is 1. The van der Waals surface area contributed by atoms with Crippen LogP contribution in [0.4, 0.5) is 5.13 Å². The van der Waals surface area contributed by atoms with Gasteiger partial charge in [0.25, 0.3) is 0 Å². The van der Waals surface area contributed by atoms with Crippen LogP contribution in [0, 0.1) is 0 Å². The SMILES string of the molecule is Cn1cc(CC(=O)Nc2nnc([C@@H]3CCCO3)s2)c2ccccc21. The van der Waals surface area contributed by atoms with E-state index < -0.39 is 0 Å². The van der Waals surface area contributed by atoms with Crippen LogP contribution >= 0.6 is 11.3 Å². The van der Waals surface area contributed by atoms with Crippen LogP contribution in [0.2, 0.25) is 0 Å². The summed E-state index contributed by atoms with van der Waals surface area (Å²) in [5.41, 5.74) is 2.13. The molecule has 1 aliphatic rings. The molecule has 1 atom stereocenters. The Morgan fingerprint density at radius 1 is 1.42 bits per heavy atom. The van der Waals surface area contributed by atoms with Crippen LogP contribution in [0.15, 0.2) is 30.5 Å². The maximum absolute atomic E-state index is 12.4. The molecule has 4 rings (SSSR count). The summed E-state index contributed by atoms with van der Waals surface area (Å²) in [4.78, 5) is 12.4. The minimum absolute atomic E-state index is 0.0335. The molecule has 0 aliphatic carbocycles. The van der Waals surface area contributed by atoms with Crippen molar-refractivity contribution in [3.05, 3.63) is 41.0 Å². The highest BCUT2D eigenvalue weighted by Crippen LogP contribution is 2.32. The first kappa shape index (κ1) is 15.3. The van der Waals surface area contributed by atoms with E-state index in [9.17, 15) is 4.79 Å². The second kappa shape index (κ2) is 6.33. The van der Waals surface area contributed by atoms with E-state index >= 15 is 0 Å². The van der Waals surface area contributed by atoms with Crippen LogP contribution in [-0.2, 0) is 23.0 Å². The van der Waals surface area contributed by atoms with E-state index in [-0.39, 0.29) is 12.0 Å². The summed E-state index contributed by atoms with van der Waals surface area (Å²) in [5.74, 6) is -0.0820. The third kappa shape index (κ3) is 2.92. The predicted octanol–water partition coefficient (Wildman–Crippen LogP) is 3.06. The Morgan fingerprint density at radius 2 is 2.29 bits per heavy atom. The summed E-state index contributed by atoms with van der Waals surface area (Å²) in [6.45, 7) is 0.771. The lowest BCUT2D eigenvalue weighted by Crippen LogP contribution is -2.14. The van der Waals surface area contributed by atoms with Crippen molar-refractivity contribution in [2.75, 3.05) is 11.9 Å². The first-order valence-corrected chi connectivity index (χ1v) is 8.80. The van der Waals surface area contributed by atoms with Gasteiger partial charge in [0.1, 0.15) is 11.1 Å². The number of anilines is 1. The minimum Gasteiger partial charge on any atom is -0.371 e. The van der Waals surface area contributed by atoms with Gasteiger partial charge in [-0.25, -0.2) is 0 Å². The largest absolute Gasteiger partial charge is 0.371 e. The van der Waals surface area contributed by atoms with Crippen LogP contribution in [0.3, 0.4) is 0 Å². The number of carbonyl (C=O) groups is 1. The second-order valence-corrected chi connectivity index (χ2v) is 6.96. The molecule has 3 aromatic rings. The number of hydrogen-bond donors (Lipinski definition) is 1. The van der Waals surface area contributed by atoms with E-state index in [1.807, 2.05) is 36.0 Å². The molecule has 1 fully saturated rings. The molecule has 3 heterocycles. The van der Waals surface area contributed by atoms with Crippen molar-refractivity contribution in [1.29, 1.82) is 0 Å². The van der Waals surface area contributed by atoms with Crippen LogP contribution in [0.25, 0.3) is 10.9 Å². The van der Waals surface area contributed by atoms with Crippen LogP contribution in [0.1, 0.15) is 29.5 Å². The lowest BCUT2D eigenvalue weighted by atomic mass is 10.1. The summed E-state index contributed by atoms with van der Waals surface area (Å²) in [6.07, 6.45) is 4.37. The van der Waals surface area contributed by atoms with Gasteiger partial charge in [0, 0.05) is 30.8 Å². The molecule has 1 aromatic carbocycles. The van der Waals surface area contributed by atoms with Gasteiger partial charge < -0.3 is 14.6 Å². The molecule has 7 heteroatoms. The maximum Gasteiger partial charge on any atom is 0.230 e. The van der Waals surface area contributed by atoms with Gasteiger partial charge >= 0.3 is 0 Å². The molecule has 1 N–H and O–H groups in total. The highest BCUT2D eigenvalue weighted by Gasteiger charge is 2.22. The van der Waals surface area contributed by atoms with Crippen molar-refractivity contribution in [3.8, 4) is 0 Å². The van der Waals surface area contributed by atoms with Gasteiger partial charge in [0.15, 0.2) is 0 Å². The van der Waals surface area contributed by atoms with Crippen molar-refractivity contribution < 1.29 is 9.53 Å². The molecule has 1 saturated heterocycles. The summed E-state index contributed by atoms with van der Waals surface area (Å²) in [6, 6.07) is 8.08. The average Bonchev–Trinajstić information content (AvgIpc) is 3.29. The normalized spacial score (nSPS) is 17.5. The molecule has 1 amide bonds. The average molecular weight is 342 g/mol. The minimum atomic E-state index is -0.0820. The number of aromatic nitrogens is 3. The zero-order chi connectivity index (χ0) is 16.5. The van der Waals surface area contributed by atoms with Crippen molar-refractivity contribution in [1.82, 2.24) is 14.8 Å². The Kier molecular flexibility index (Phi) is 4.03. The Bertz CT molecular complexity index is 880.